The van der Waals surface area contributed by atoms with E-state index in [9.17, 15) is 20.2 Å². The Hall–Kier alpha value is -3.35. The third kappa shape index (κ3) is 3.83. The molecule has 22 heavy (non-hydrogen) atoms. The number of nitrogens with zero attached hydrogens (tertiary/aromatic N) is 3. The first-order valence-corrected chi connectivity index (χ1v) is 6.26. The molecule has 0 saturated heterocycles. The highest BCUT2D eigenvalue weighted by Gasteiger charge is 2.18. The predicted octanol–water partition coefficient (Wildman–Crippen LogP) is 3.92. The summed E-state index contributed by atoms with van der Waals surface area (Å²) in [4.78, 5) is 24.2. The lowest BCUT2D eigenvalue weighted by molar-refractivity contribution is -0.393. The number of rotatable bonds is 5. The Balaban J connectivity index is 2.22. The molecule has 2 aromatic rings. The number of allylic oxidation sites excluding steroid dienone is 1. The quantitative estimate of drug-likeness (QED) is 0.474. The largest absolute Gasteiger partial charge is 0.301 e. The van der Waals surface area contributed by atoms with Crippen molar-refractivity contribution in [1.82, 2.24) is 0 Å². The van der Waals surface area contributed by atoms with Gasteiger partial charge >= 0.3 is 5.69 Å². The van der Waals surface area contributed by atoms with Crippen LogP contribution in [0, 0.1) is 20.2 Å². The zero-order valence-corrected chi connectivity index (χ0v) is 11.3. The maximum absolute atomic E-state index is 10.9. The van der Waals surface area contributed by atoms with Crippen molar-refractivity contribution in [3.63, 3.8) is 0 Å². The molecule has 0 aliphatic carbocycles. The summed E-state index contributed by atoms with van der Waals surface area (Å²) in [5, 5.41) is 21.6. The average molecular weight is 297 g/mol. The van der Waals surface area contributed by atoms with Gasteiger partial charge in [-0.1, -0.05) is 36.4 Å². The fourth-order valence-corrected chi connectivity index (χ4v) is 1.72. The number of aliphatic imine (C=N–C) groups is 1. The monoisotopic (exact) mass is 297 g/mol. The van der Waals surface area contributed by atoms with Gasteiger partial charge < -0.3 is 0 Å². The minimum atomic E-state index is -0.694. The molecule has 110 valence electrons. The van der Waals surface area contributed by atoms with Crippen LogP contribution in [-0.2, 0) is 0 Å². The lowest BCUT2D eigenvalue weighted by Gasteiger charge is -1.97. The first-order chi connectivity index (χ1) is 10.6. The number of hydrogen-bond donors (Lipinski definition) is 0. The number of nitro benzene ring substituents is 2. The lowest BCUT2D eigenvalue weighted by Crippen LogP contribution is -1.92. The van der Waals surface area contributed by atoms with Gasteiger partial charge in [-0.25, -0.2) is 4.99 Å². The first kappa shape index (κ1) is 15.0. The summed E-state index contributed by atoms with van der Waals surface area (Å²) in [6.45, 7) is 0. The van der Waals surface area contributed by atoms with Gasteiger partial charge in [-0.2, -0.15) is 0 Å². The Bertz CT molecular complexity index is 755. The summed E-state index contributed by atoms with van der Waals surface area (Å²) in [7, 11) is 0. The Morgan fingerprint density at radius 3 is 2.32 bits per heavy atom. The van der Waals surface area contributed by atoms with Gasteiger partial charge in [0.15, 0.2) is 0 Å². The van der Waals surface area contributed by atoms with Gasteiger partial charge in [0.1, 0.15) is 5.69 Å². The third-order valence-corrected chi connectivity index (χ3v) is 2.75. The van der Waals surface area contributed by atoms with Crippen LogP contribution in [0.25, 0.3) is 6.08 Å². The predicted molar refractivity (Wildman–Crippen MR) is 83.4 cm³/mol. The Morgan fingerprint density at radius 2 is 1.68 bits per heavy atom. The molecule has 0 fully saturated rings. The molecule has 0 saturated carbocycles. The maximum atomic E-state index is 10.9. The molecule has 0 aliphatic rings. The van der Waals surface area contributed by atoms with Crippen molar-refractivity contribution in [1.29, 1.82) is 0 Å². The van der Waals surface area contributed by atoms with E-state index in [2.05, 4.69) is 4.99 Å². The van der Waals surface area contributed by atoms with Crippen LogP contribution in [0.4, 0.5) is 17.1 Å². The standard InChI is InChI=1S/C15H11N3O4/c19-17(20)13-8-9-14(15(11-13)18(21)22)16-10-4-7-12-5-2-1-3-6-12/h1-11H. The van der Waals surface area contributed by atoms with E-state index < -0.39 is 15.5 Å². The summed E-state index contributed by atoms with van der Waals surface area (Å²) < 4.78 is 0. The molecule has 2 aromatic carbocycles. The Labute approximate surface area is 125 Å². The van der Waals surface area contributed by atoms with E-state index in [1.165, 1.54) is 18.3 Å². The molecular formula is C15H11N3O4. The third-order valence-electron chi connectivity index (χ3n) is 2.75. The van der Waals surface area contributed by atoms with Crippen molar-refractivity contribution in [3.05, 3.63) is 80.4 Å². The van der Waals surface area contributed by atoms with Crippen molar-refractivity contribution < 1.29 is 9.85 Å². The van der Waals surface area contributed by atoms with Crippen molar-refractivity contribution in [2.45, 2.75) is 0 Å². The Kier molecular flexibility index (Phi) is 4.71. The second-order valence-corrected chi connectivity index (χ2v) is 4.24. The van der Waals surface area contributed by atoms with Crippen LogP contribution in [0.5, 0.6) is 0 Å². The minimum Gasteiger partial charge on any atom is -0.258 e. The molecule has 0 N–H and O–H groups in total. The summed E-state index contributed by atoms with van der Waals surface area (Å²) in [6, 6.07) is 12.8. The van der Waals surface area contributed by atoms with Crippen molar-refractivity contribution in [2.75, 3.05) is 0 Å². The highest BCUT2D eigenvalue weighted by atomic mass is 16.6. The summed E-state index contributed by atoms with van der Waals surface area (Å²) >= 11 is 0. The van der Waals surface area contributed by atoms with Crippen LogP contribution in [0.1, 0.15) is 5.56 Å². The van der Waals surface area contributed by atoms with Crippen LogP contribution in [0.2, 0.25) is 0 Å². The number of nitro groups is 2. The highest BCUT2D eigenvalue weighted by molar-refractivity contribution is 5.82. The summed E-state index contributed by atoms with van der Waals surface area (Å²) in [5.74, 6) is 0. The van der Waals surface area contributed by atoms with Gasteiger partial charge in [0.2, 0.25) is 0 Å². The smallest absolute Gasteiger partial charge is 0.258 e. The zero-order chi connectivity index (χ0) is 15.9. The molecule has 0 bridgehead atoms. The second kappa shape index (κ2) is 6.89. The zero-order valence-electron chi connectivity index (χ0n) is 11.3. The van der Waals surface area contributed by atoms with E-state index in [0.717, 1.165) is 11.6 Å². The molecule has 7 heteroatoms. The van der Waals surface area contributed by atoms with Gasteiger partial charge in [0.05, 0.1) is 15.9 Å². The van der Waals surface area contributed by atoms with E-state index in [-0.39, 0.29) is 11.4 Å². The minimum absolute atomic E-state index is 0.0633. The lowest BCUT2D eigenvalue weighted by atomic mass is 10.2. The van der Waals surface area contributed by atoms with Crippen LogP contribution < -0.4 is 0 Å². The maximum Gasteiger partial charge on any atom is 0.301 e. The van der Waals surface area contributed by atoms with Gasteiger partial charge in [0, 0.05) is 12.3 Å². The first-order valence-electron chi connectivity index (χ1n) is 6.26. The normalized spacial score (nSPS) is 11.1. The molecule has 0 unspecified atom stereocenters. The van der Waals surface area contributed by atoms with E-state index in [4.69, 9.17) is 0 Å². The fourth-order valence-electron chi connectivity index (χ4n) is 1.72. The summed E-state index contributed by atoms with van der Waals surface area (Å²) in [5.41, 5.74) is 0.282. The van der Waals surface area contributed by atoms with E-state index in [0.29, 0.717) is 0 Å². The van der Waals surface area contributed by atoms with Gasteiger partial charge in [0.25, 0.3) is 5.69 Å². The van der Waals surface area contributed by atoms with Crippen LogP contribution >= 0.6 is 0 Å². The number of benzene rings is 2. The van der Waals surface area contributed by atoms with Crippen molar-refractivity contribution in [2.24, 2.45) is 4.99 Å². The van der Waals surface area contributed by atoms with Crippen molar-refractivity contribution in [3.8, 4) is 0 Å². The summed E-state index contributed by atoms with van der Waals surface area (Å²) in [6.07, 6.45) is 4.84. The van der Waals surface area contributed by atoms with Gasteiger partial charge in [-0.05, 0) is 17.7 Å². The SMILES string of the molecule is O=[N+]([O-])c1ccc(N=CC=Cc2ccccc2)c([N+](=O)[O-])c1. The molecule has 0 amide bonds. The number of hydrogen-bond acceptors (Lipinski definition) is 5. The molecule has 0 spiro atoms. The van der Waals surface area contributed by atoms with E-state index in [1.54, 1.807) is 12.2 Å². The fraction of sp³-hybridized carbons (Fsp3) is 0. The van der Waals surface area contributed by atoms with E-state index >= 15 is 0 Å². The average Bonchev–Trinajstić information content (AvgIpc) is 2.52. The molecule has 0 heterocycles. The molecular weight excluding hydrogens is 286 g/mol. The molecule has 0 radical (unpaired) electrons. The van der Waals surface area contributed by atoms with Gasteiger partial charge in [-0.3, -0.25) is 20.2 Å². The van der Waals surface area contributed by atoms with Crippen LogP contribution in [0.15, 0.2) is 59.6 Å². The van der Waals surface area contributed by atoms with Crippen LogP contribution in [-0.4, -0.2) is 16.1 Å². The Morgan fingerprint density at radius 1 is 0.955 bits per heavy atom. The topological polar surface area (TPSA) is 98.6 Å². The molecule has 0 aromatic heterocycles. The van der Waals surface area contributed by atoms with E-state index in [1.807, 2.05) is 30.3 Å². The highest BCUT2D eigenvalue weighted by Crippen LogP contribution is 2.30. The molecule has 2 rings (SSSR count). The van der Waals surface area contributed by atoms with Gasteiger partial charge in [-0.15, -0.1) is 0 Å². The molecule has 0 aliphatic heterocycles. The molecule has 0 atom stereocenters. The number of non-ortho nitro benzene ring substituents is 1. The second-order valence-electron chi connectivity index (χ2n) is 4.24. The van der Waals surface area contributed by atoms with Crippen LogP contribution in [0.3, 0.4) is 0 Å². The molecule has 7 nitrogen and oxygen atoms in total. The van der Waals surface area contributed by atoms with Crippen molar-refractivity contribution >= 4 is 29.4 Å².